The summed E-state index contributed by atoms with van der Waals surface area (Å²) in [6.45, 7) is 1.65. The molecule has 4 rings (SSSR count). The monoisotopic (exact) mass is 634 g/mol. The standard InChI is InChI=1S/C29H26F8N2O3S/c1-18-17-26(43(41,42)23-8-6-22(30)7-9-23,13-10-24(18)39-25(40)16-19-11-14-38-15-12-19)20-2-4-21(5-3-20)27(31,28(32,33)34)29(35,36)37/h2-9,11-12,14-15,18,24H,10,13,16-17H2,1H3,(H,39,40). The van der Waals surface area contributed by atoms with Crippen LogP contribution in [-0.4, -0.2) is 37.7 Å². The number of alkyl halides is 7. The van der Waals surface area contributed by atoms with Crippen molar-refractivity contribution in [2.75, 3.05) is 0 Å². The first kappa shape index (κ1) is 32.4. The van der Waals surface area contributed by atoms with Crippen LogP contribution in [0.2, 0.25) is 0 Å². The van der Waals surface area contributed by atoms with Crippen molar-refractivity contribution in [3.05, 3.63) is 95.6 Å². The Morgan fingerprint density at radius 3 is 1.98 bits per heavy atom. The number of benzene rings is 2. The summed E-state index contributed by atoms with van der Waals surface area (Å²) in [4.78, 5) is 16.3. The second-order valence-electron chi connectivity index (χ2n) is 10.6. The van der Waals surface area contributed by atoms with Crippen LogP contribution in [0.4, 0.5) is 35.1 Å². The zero-order chi connectivity index (χ0) is 31.8. The number of pyridine rings is 1. The van der Waals surface area contributed by atoms with Crippen molar-refractivity contribution in [3.63, 3.8) is 0 Å². The average Bonchev–Trinajstić information content (AvgIpc) is 2.93. The van der Waals surface area contributed by atoms with Gasteiger partial charge in [0.2, 0.25) is 5.91 Å². The molecule has 0 aliphatic heterocycles. The maximum absolute atomic E-state index is 14.7. The van der Waals surface area contributed by atoms with E-state index in [0.717, 1.165) is 36.4 Å². The number of aromatic nitrogens is 1. The van der Waals surface area contributed by atoms with Crippen LogP contribution < -0.4 is 5.32 Å². The third kappa shape index (κ3) is 5.98. The third-order valence-electron chi connectivity index (χ3n) is 7.89. The lowest BCUT2D eigenvalue weighted by Gasteiger charge is -2.44. The SMILES string of the molecule is CC1CC(c2ccc(C(F)(C(F)(F)F)C(F)(F)F)cc2)(S(=O)(=O)c2ccc(F)cc2)CCC1NC(=O)Cc1ccncc1. The molecule has 1 N–H and O–H groups in total. The summed E-state index contributed by atoms with van der Waals surface area (Å²) in [6, 6.07) is 8.67. The number of amides is 1. The number of rotatable bonds is 7. The molecule has 1 aromatic heterocycles. The van der Waals surface area contributed by atoms with Gasteiger partial charge in [0.15, 0.2) is 9.84 Å². The molecule has 1 aliphatic carbocycles. The molecule has 232 valence electrons. The Bertz CT molecular complexity index is 1530. The zero-order valence-electron chi connectivity index (χ0n) is 22.5. The molecule has 0 spiro atoms. The minimum Gasteiger partial charge on any atom is -0.353 e. The van der Waals surface area contributed by atoms with Crippen LogP contribution >= 0.6 is 0 Å². The Balaban J connectivity index is 1.72. The van der Waals surface area contributed by atoms with Gasteiger partial charge in [-0.3, -0.25) is 9.78 Å². The molecule has 1 saturated carbocycles. The molecular formula is C29H26F8N2O3S. The second kappa shape index (κ2) is 11.5. The highest BCUT2D eigenvalue weighted by molar-refractivity contribution is 7.92. The van der Waals surface area contributed by atoms with Crippen molar-refractivity contribution >= 4 is 15.7 Å². The van der Waals surface area contributed by atoms with Gasteiger partial charge < -0.3 is 5.32 Å². The molecule has 14 heteroatoms. The molecule has 2 aromatic carbocycles. The number of sulfone groups is 1. The van der Waals surface area contributed by atoms with Crippen LogP contribution in [0.3, 0.4) is 0 Å². The molecule has 3 unspecified atom stereocenters. The molecule has 5 nitrogen and oxygen atoms in total. The Morgan fingerprint density at radius 2 is 1.47 bits per heavy atom. The van der Waals surface area contributed by atoms with Gasteiger partial charge in [-0.2, -0.15) is 26.3 Å². The van der Waals surface area contributed by atoms with Crippen LogP contribution in [0, 0.1) is 11.7 Å². The predicted octanol–water partition coefficient (Wildman–Crippen LogP) is 6.73. The maximum Gasteiger partial charge on any atom is 0.435 e. The van der Waals surface area contributed by atoms with E-state index in [4.69, 9.17) is 0 Å². The number of nitrogens with zero attached hydrogens (tertiary/aromatic N) is 1. The number of halogens is 8. The Kier molecular flexibility index (Phi) is 8.66. The summed E-state index contributed by atoms with van der Waals surface area (Å²) in [5.41, 5.74) is -6.92. The normalized spacial score (nSPS) is 21.8. The lowest BCUT2D eigenvalue weighted by atomic mass is 9.74. The first-order valence-corrected chi connectivity index (χ1v) is 14.5. The lowest BCUT2D eigenvalue weighted by Crippen LogP contribution is -2.51. The van der Waals surface area contributed by atoms with Gasteiger partial charge in [0.1, 0.15) is 10.6 Å². The third-order valence-corrected chi connectivity index (χ3v) is 10.4. The summed E-state index contributed by atoms with van der Waals surface area (Å²) in [6.07, 6.45) is -9.96. The quantitative estimate of drug-likeness (QED) is 0.231. The van der Waals surface area contributed by atoms with Crippen molar-refractivity contribution in [1.29, 1.82) is 0 Å². The van der Waals surface area contributed by atoms with Crippen LogP contribution in [0.25, 0.3) is 0 Å². The van der Waals surface area contributed by atoms with Crippen molar-refractivity contribution < 1.29 is 48.3 Å². The van der Waals surface area contributed by atoms with Crippen LogP contribution in [0.15, 0.2) is 78.0 Å². The Hall–Kier alpha value is -3.55. The van der Waals surface area contributed by atoms with E-state index in [1.807, 2.05) is 0 Å². The van der Waals surface area contributed by atoms with E-state index in [0.29, 0.717) is 5.56 Å². The van der Waals surface area contributed by atoms with Gasteiger partial charge in [-0.05, 0) is 72.7 Å². The van der Waals surface area contributed by atoms with E-state index in [-0.39, 0.29) is 54.2 Å². The van der Waals surface area contributed by atoms with E-state index in [1.165, 1.54) is 12.4 Å². The molecular weight excluding hydrogens is 608 g/mol. The van der Waals surface area contributed by atoms with E-state index in [9.17, 15) is 48.3 Å². The Labute approximate surface area is 242 Å². The van der Waals surface area contributed by atoms with Gasteiger partial charge in [-0.15, -0.1) is 0 Å². The van der Waals surface area contributed by atoms with Gasteiger partial charge in [0, 0.05) is 24.0 Å². The van der Waals surface area contributed by atoms with Crippen LogP contribution in [0.5, 0.6) is 0 Å². The average molecular weight is 635 g/mol. The first-order valence-electron chi connectivity index (χ1n) is 13.0. The maximum atomic E-state index is 14.7. The molecule has 1 heterocycles. The van der Waals surface area contributed by atoms with E-state index >= 15 is 0 Å². The van der Waals surface area contributed by atoms with E-state index in [2.05, 4.69) is 10.3 Å². The van der Waals surface area contributed by atoms with Gasteiger partial charge in [0.25, 0.3) is 0 Å². The topological polar surface area (TPSA) is 76.1 Å². The Morgan fingerprint density at radius 1 is 0.907 bits per heavy atom. The summed E-state index contributed by atoms with van der Waals surface area (Å²) >= 11 is 0. The van der Waals surface area contributed by atoms with Gasteiger partial charge in [-0.1, -0.05) is 31.2 Å². The van der Waals surface area contributed by atoms with Crippen LogP contribution in [0.1, 0.15) is 42.9 Å². The number of hydrogen-bond acceptors (Lipinski definition) is 4. The van der Waals surface area contributed by atoms with E-state index < -0.39 is 55.9 Å². The molecule has 0 saturated heterocycles. The number of carbonyl (C=O) groups excluding carboxylic acids is 1. The number of carbonyl (C=O) groups is 1. The minimum absolute atomic E-state index is 0.0234. The van der Waals surface area contributed by atoms with Crippen molar-refractivity contribution in [2.24, 2.45) is 5.92 Å². The minimum atomic E-state index is -6.34. The fourth-order valence-corrected chi connectivity index (χ4v) is 7.85. The summed E-state index contributed by atoms with van der Waals surface area (Å²) < 4.78 is 135. The largest absolute Gasteiger partial charge is 0.435 e. The van der Waals surface area contributed by atoms with Crippen molar-refractivity contribution in [1.82, 2.24) is 10.3 Å². The number of nitrogens with one attached hydrogen (secondary N) is 1. The zero-order valence-corrected chi connectivity index (χ0v) is 23.3. The molecule has 3 aromatic rings. The summed E-state index contributed by atoms with van der Waals surface area (Å²) in [5.74, 6) is -1.62. The smallest absolute Gasteiger partial charge is 0.353 e. The second-order valence-corrected chi connectivity index (χ2v) is 12.9. The fourth-order valence-electron chi connectivity index (χ4n) is 5.59. The van der Waals surface area contributed by atoms with Crippen molar-refractivity contribution in [2.45, 2.75) is 66.3 Å². The molecule has 1 aliphatic rings. The highest BCUT2D eigenvalue weighted by Crippen LogP contribution is 2.54. The molecule has 43 heavy (non-hydrogen) atoms. The summed E-state index contributed by atoms with van der Waals surface area (Å²) in [7, 11) is -4.46. The highest BCUT2D eigenvalue weighted by atomic mass is 32.2. The predicted molar refractivity (Wildman–Crippen MR) is 139 cm³/mol. The van der Waals surface area contributed by atoms with E-state index in [1.54, 1.807) is 19.1 Å². The highest BCUT2D eigenvalue weighted by Gasteiger charge is 2.73. The molecule has 1 amide bonds. The van der Waals surface area contributed by atoms with Crippen LogP contribution in [-0.2, 0) is 31.5 Å². The lowest BCUT2D eigenvalue weighted by molar-refractivity contribution is -0.348. The fraction of sp³-hybridized carbons (Fsp3) is 0.379. The van der Waals surface area contributed by atoms with Gasteiger partial charge >= 0.3 is 18.0 Å². The number of hydrogen-bond donors (Lipinski definition) is 1. The molecule has 3 atom stereocenters. The first-order chi connectivity index (χ1) is 19.9. The molecule has 0 bridgehead atoms. The molecule has 0 radical (unpaired) electrons. The summed E-state index contributed by atoms with van der Waals surface area (Å²) in [5, 5.41) is 2.86. The molecule has 1 fully saturated rings. The van der Waals surface area contributed by atoms with Gasteiger partial charge in [-0.25, -0.2) is 17.2 Å². The van der Waals surface area contributed by atoms with Gasteiger partial charge in [0.05, 0.1) is 11.3 Å². The van der Waals surface area contributed by atoms with Crippen molar-refractivity contribution in [3.8, 4) is 0 Å².